The van der Waals surface area contributed by atoms with Crippen molar-refractivity contribution in [2.75, 3.05) is 19.1 Å². The molecule has 0 saturated heterocycles. The highest BCUT2D eigenvalue weighted by Crippen LogP contribution is 2.13. The lowest BCUT2D eigenvalue weighted by atomic mass is 10.2. The van der Waals surface area contributed by atoms with E-state index < -0.39 is 10.8 Å². The number of hydrogen-bond donors (Lipinski definition) is 0. The summed E-state index contributed by atoms with van der Waals surface area (Å²) in [4.78, 5) is 14.0. The molecule has 2 aromatic heterocycles. The molecule has 5 heteroatoms. The summed E-state index contributed by atoms with van der Waals surface area (Å²) in [6.07, 6.45) is 5.39. The highest BCUT2D eigenvalue weighted by molar-refractivity contribution is 7.84. The summed E-state index contributed by atoms with van der Waals surface area (Å²) in [5, 5.41) is 0. The monoisotopic (exact) mass is 278 g/mol. The van der Waals surface area contributed by atoms with Crippen molar-refractivity contribution in [2.24, 2.45) is 0 Å². The van der Waals surface area contributed by atoms with Crippen LogP contribution in [0.15, 0.2) is 36.7 Å². The Balaban J connectivity index is 2.21. The van der Waals surface area contributed by atoms with Gasteiger partial charge in [0, 0.05) is 53.8 Å². The molecule has 0 spiro atoms. The molecular weight excluding hydrogens is 260 g/mol. The molecule has 0 radical (unpaired) electrons. The van der Waals surface area contributed by atoms with E-state index in [1.54, 1.807) is 18.2 Å². The van der Waals surface area contributed by atoms with Crippen LogP contribution in [0.2, 0.25) is 0 Å². The van der Waals surface area contributed by atoms with Gasteiger partial charge in [-0.3, -0.25) is 9.00 Å². The second-order valence-corrected chi connectivity index (χ2v) is 6.25. The topological polar surface area (TPSA) is 41.8 Å². The van der Waals surface area contributed by atoms with Crippen LogP contribution in [0.25, 0.3) is 5.52 Å². The molecule has 0 unspecified atom stereocenters. The summed E-state index contributed by atoms with van der Waals surface area (Å²) in [7, 11) is 0.849. The number of pyridine rings is 1. The van der Waals surface area contributed by atoms with Gasteiger partial charge in [-0.25, -0.2) is 0 Å². The lowest BCUT2D eigenvalue weighted by Crippen LogP contribution is -2.38. The number of fused-ring (bicyclic) bond motifs is 1. The molecule has 0 aliphatic rings. The van der Waals surface area contributed by atoms with Gasteiger partial charge in [-0.15, -0.1) is 0 Å². The molecule has 0 fully saturated rings. The summed E-state index contributed by atoms with van der Waals surface area (Å²) in [5.74, 6) is 0.456. The van der Waals surface area contributed by atoms with E-state index >= 15 is 0 Å². The van der Waals surface area contributed by atoms with E-state index in [-0.39, 0.29) is 11.9 Å². The van der Waals surface area contributed by atoms with Crippen LogP contribution in [-0.4, -0.2) is 44.5 Å². The predicted molar refractivity (Wildman–Crippen MR) is 77.9 cm³/mol. The van der Waals surface area contributed by atoms with Crippen molar-refractivity contribution in [1.29, 1.82) is 0 Å². The van der Waals surface area contributed by atoms with Gasteiger partial charge in [0.05, 0.1) is 5.56 Å². The molecule has 1 amide bonds. The van der Waals surface area contributed by atoms with Gasteiger partial charge < -0.3 is 9.30 Å². The molecule has 0 N–H and O–H groups in total. The Labute approximate surface area is 115 Å². The molecule has 2 aromatic rings. The Morgan fingerprint density at radius 2 is 2.21 bits per heavy atom. The highest BCUT2D eigenvalue weighted by atomic mass is 32.2. The van der Waals surface area contributed by atoms with E-state index in [9.17, 15) is 9.00 Å². The second kappa shape index (κ2) is 5.57. The number of rotatable bonds is 4. The molecule has 2 rings (SSSR count). The molecule has 102 valence electrons. The smallest absolute Gasteiger partial charge is 0.255 e. The lowest BCUT2D eigenvalue weighted by Gasteiger charge is -2.23. The molecule has 2 heterocycles. The average Bonchev–Trinajstić information content (AvgIpc) is 2.79. The first-order valence-corrected chi connectivity index (χ1v) is 7.85. The van der Waals surface area contributed by atoms with Crippen LogP contribution in [0.1, 0.15) is 17.3 Å². The van der Waals surface area contributed by atoms with Crippen molar-refractivity contribution in [3.8, 4) is 0 Å². The second-order valence-electron chi connectivity index (χ2n) is 4.77. The normalized spacial score (nSPS) is 14.3. The quantitative estimate of drug-likeness (QED) is 0.855. The number of amides is 1. The van der Waals surface area contributed by atoms with E-state index in [0.717, 1.165) is 5.52 Å². The maximum atomic E-state index is 12.4. The van der Waals surface area contributed by atoms with E-state index in [4.69, 9.17) is 0 Å². The van der Waals surface area contributed by atoms with Gasteiger partial charge in [-0.1, -0.05) is 6.07 Å². The van der Waals surface area contributed by atoms with Gasteiger partial charge >= 0.3 is 0 Å². The lowest BCUT2D eigenvalue weighted by molar-refractivity contribution is 0.0757. The minimum atomic E-state index is -0.903. The molecule has 4 nitrogen and oxygen atoms in total. The van der Waals surface area contributed by atoms with Gasteiger partial charge in [-0.2, -0.15) is 0 Å². The Kier molecular flexibility index (Phi) is 4.04. The third kappa shape index (κ3) is 3.04. The number of hydrogen-bond acceptors (Lipinski definition) is 2. The van der Waals surface area contributed by atoms with Gasteiger partial charge in [0.15, 0.2) is 0 Å². The fourth-order valence-electron chi connectivity index (χ4n) is 2.03. The van der Waals surface area contributed by atoms with Gasteiger partial charge in [0.2, 0.25) is 0 Å². The molecule has 0 bridgehead atoms. The van der Waals surface area contributed by atoms with Crippen molar-refractivity contribution in [2.45, 2.75) is 13.0 Å². The minimum Gasteiger partial charge on any atom is -0.338 e. The summed E-state index contributed by atoms with van der Waals surface area (Å²) >= 11 is 0. The third-order valence-corrected chi connectivity index (χ3v) is 4.16. The molecule has 0 aliphatic carbocycles. The summed E-state index contributed by atoms with van der Waals surface area (Å²) in [6.45, 7) is 1.91. The largest absolute Gasteiger partial charge is 0.338 e. The van der Waals surface area contributed by atoms with Gasteiger partial charge in [0.25, 0.3) is 5.91 Å². The first kappa shape index (κ1) is 13.8. The Hall–Kier alpha value is -1.62. The summed E-state index contributed by atoms with van der Waals surface area (Å²) in [5.41, 5.74) is 1.65. The molecule has 0 aliphatic heterocycles. The summed E-state index contributed by atoms with van der Waals surface area (Å²) < 4.78 is 13.1. The first-order chi connectivity index (χ1) is 8.99. The number of carbonyl (C=O) groups excluding carboxylic acids is 1. The fraction of sp³-hybridized carbons (Fsp3) is 0.357. The third-order valence-electron chi connectivity index (χ3n) is 3.21. The SMILES string of the molecule is C[C@H](C[S@](C)=O)N(C)C(=O)c1cc2ccccn2c1. The van der Waals surface area contributed by atoms with Crippen molar-refractivity contribution in [3.05, 3.63) is 42.2 Å². The van der Waals surface area contributed by atoms with Crippen molar-refractivity contribution >= 4 is 22.2 Å². The number of carbonyl (C=O) groups is 1. The Morgan fingerprint density at radius 1 is 1.47 bits per heavy atom. The highest BCUT2D eigenvalue weighted by Gasteiger charge is 2.19. The molecule has 19 heavy (non-hydrogen) atoms. The molecule has 2 atom stereocenters. The van der Waals surface area contributed by atoms with Crippen LogP contribution in [0, 0.1) is 0 Å². The number of nitrogens with zero attached hydrogens (tertiary/aromatic N) is 2. The van der Waals surface area contributed by atoms with Crippen molar-refractivity contribution < 1.29 is 9.00 Å². The molecule has 0 aromatic carbocycles. The van der Waals surface area contributed by atoms with Crippen molar-refractivity contribution in [1.82, 2.24) is 9.30 Å². The first-order valence-electron chi connectivity index (χ1n) is 6.13. The predicted octanol–water partition coefficient (Wildman–Crippen LogP) is 1.78. The van der Waals surface area contributed by atoms with Crippen LogP contribution < -0.4 is 0 Å². The minimum absolute atomic E-state index is 0.0401. The number of aromatic nitrogens is 1. The zero-order valence-corrected chi connectivity index (χ0v) is 12.2. The van der Waals surface area contributed by atoms with Crippen LogP contribution in [0.4, 0.5) is 0 Å². The molecule has 0 saturated carbocycles. The average molecular weight is 278 g/mol. The Morgan fingerprint density at radius 3 is 2.84 bits per heavy atom. The van der Waals surface area contributed by atoms with Crippen LogP contribution in [-0.2, 0) is 10.8 Å². The maximum absolute atomic E-state index is 12.4. The van der Waals surface area contributed by atoms with Crippen molar-refractivity contribution in [3.63, 3.8) is 0 Å². The van der Waals surface area contributed by atoms with Crippen LogP contribution in [0.3, 0.4) is 0 Å². The van der Waals surface area contributed by atoms with E-state index in [1.807, 2.05) is 48.0 Å². The Bertz CT molecular complexity index is 588. The van der Waals surface area contributed by atoms with E-state index in [1.165, 1.54) is 0 Å². The van der Waals surface area contributed by atoms with E-state index in [0.29, 0.717) is 11.3 Å². The zero-order valence-electron chi connectivity index (χ0n) is 11.4. The standard InChI is InChI=1S/C14H18N2O2S/c1-11(10-19(3)18)15(2)14(17)12-8-13-6-4-5-7-16(13)9-12/h4-9,11H,10H2,1-3H3/t11-,19+/m1/s1. The van der Waals surface area contributed by atoms with E-state index in [2.05, 4.69) is 0 Å². The molecular formula is C14H18N2O2S. The van der Waals surface area contributed by atoms with Gasteiger partial charge in [0.1, 0.15) is 0 Å². The van der Waals surface area contributed by atoms with Crippen LogP contribution >= 0.6 is 0 Å². The zero-order chi connectivity index (χ0) is 14.0. The fourth-order valence-corrected chi connectivity index (χ4v) is 2.93. The summed E-state index contributed by atoms with van der Waals surface area (Å²) in [6, 6.07) is 7.65. The van der Waals surface area contributed by atoms with Crippen LogP contribution in [0.5, 0.6) is 0 Å². The maximum Gasteiger partial charge on any atom is 0.255 e. The van der Waals surface area contributed by atoms with Gasteiger partial charge in [-0.05, 0) is 25.1 Å².